The van der Waals surface area contributed by atoms with Crippen molar-refractivity contribution in [3.8, 4) is 17.1 Å². The first-order valence-electron chi connectivity index (χ1n) is 7.20. The van der Waals surface area contributed by atoms with Crippen molar-refractivity contribution in [1.82, 2.24) is 9.97 Å². The molecular formula is C18H16N4O. The molecule has 0 saturated heterocycles. The molecule has 3 rings (SSSR count). The van der Waals surface area contributed by atoms with Crippen LogP contribution in [0.15, 0.2) is 65.8 Å². The first-order chi connectivity index (χ1) is 11.2. The van der Waals surface area contributed by atoms with Crippen molar-refractivity contribution in [3.05, 3.63) is 71.9 Å². The summed E-state index contributed by atoms with van der Waals surface area (Å²) in [7, 11) is 0. The Morgan fingerprint density at radius 3 is 2.52 bits per heavy atom. The number of anilines is 1. The minimum absolute atomic E-state index is 0.150. The van der Waals surface area contributed by atoms with Gasteiger partial charge in [-0.25, -0.2) is 9.97 Å². The highest BCUT2D eigenvalue weighted by molar-refractivity contribution is 5.80. The van der Waals surface area contributed by atoms with E-state index in [4.69, 9.17) is 0 Å². The predicted octanol–water partition coefficient (Wildman–Crippen LogP) is 3.60. The van der Waals surface area contributed by atoms with Crippen LogP contribution in [0.5, 0.6) is 5.75 Å². The number of nitrogens with zero attached hydrogens (tertiary/aromatic N) is 3. The molecule has 0 aliphatic heterocycles. The van der Waals surface area contributed by atoms with Gasteiger partial charge in [-0.15, -0.1) is 0 Å². The van der Waals surface area contributed by atoms with E-state index < -0.39 is 0 Å². The van der Waals surface area contributed by atoms with Crippen molar-refractivity contribution < 1.29 is 5.11 Å². The Morgan fingerprint density at radius 1 is 1.00 bits per heavy atom. The number of rotatable bonds is 4. The Bertz CT molecular complexity index is 831. The molecule has 1 aromatic heterocycles. The van der Waals surface area contributed by atoms with Crippen LogP contribution in [0, 0.1) is 6.92 Å². The second-order valence-electron chi connectivity index (χ2n) is 5.02. The van der Waals surface area contributed by atoms with Crippen molar-refractivity contribution in [2.24, 2.45) is 5.10 Å². The Balaban J connectivity index is 1.84. The fourth-order valence-corrected chi connectivity index (χ4v) is 2.12. The number of phenolic OH excluding ortho intramolecular Hbond substituents is 1. The van der Waals surface area contributed by atoms with Crippen LogP contribution in [0.1, 0.15) is 11.3 Å². The third-order valence-corrected chi connectivity index (χ3v) is 3.19. The van der Waals surface area contributed by atoms with Gasteiger partial charge in [0, 0.05) is 11.8 Å². The molecule has 2 N–H and O–H groups in total. The van der Waals surface area contributed by atoms with Crippen molar-refractivity contribution in [1.29, 1.82) is 0 Å². The number of hydrazone groups is 1. The summed E-state index contributed by atoms with van der Waals surface area (Å²) in [6.07, 6.45) is 1.72. The summed E-state index contributed by atoms with van der Waals surface area (Å²) in [6, 6.07) is 18.6. The minimum atomic E-state index is 0.150. The highest BCUT2D eigenvalue weighted by atomic mass is 16.3. The fourth-order valence-electron chi connectivity index (χ4n) is 2.12. The number of hydrogen-bond acceptors (Lipinski definition) is 5. The van der Waals surface area contributed by atoms with Gasteiger partial charge in [0.2, 0.25) is 0 Å². The average Bonchev–Trinajstić information content (AvgIpc) is 2.56. The van der Waals surface area contributed by atoms with Crippen molar-refractivity contribution in [3.63, 3.8) is 0 Å². The maximum atomic E-state index is 9.94. The molecule has 0 aliphatic carbocycles. The van der Waals surface area contributed by atoms with Crippen LogP contribution in [0.2, 0.25) is 0 Å². The van der Waals surface area contributed by atoms with Crippen molar-refractivity contribution in [2.75, 3.05) is 5.43 Å². The number of aromatic nitrogens is 2. The molecule has 0 atom stereocenters. The molecule has 0 fully saturated rings. The lowest BCUT2D eigenvalue weighted by Gasteiger charge is -2.06. The van der Waals surface area contributed by atoms with Crippen LogP contribution >= 0.6 is 0 Å². The Kier molecular flexibility index (Phi) is 4.29. The molecule has 0 radical (unpaired) electrons. The number of hydrogen-bond donors (Lipinski definition) is 2. The van der Waals surface area contributed by atoms with Gasteiger partial charge >= 0.3 is 0 Å². The summed E-state index contributed by atoms with van der Waals surface area (Å²) in [5, 5.41) is 14.1. The van der Waals surface area contributed by atoms with Crippen LogP contribution in [0.4, 0.5) is 5.82 Å². The van der Waals surface area contributed by atoms with Gasteiger partial charge in [-0.2, -0.15) is 5.10 Å². The van der Waals surface area contributed by atoms with Gasteiger partial charge in [0.1, 0.15) is 5.75 Å². The van der Waals surface area contributed by atoms with Gasteiger partial charge in [-0.05, 0) is 24.6 Å². The molecule has 0 bridgehead atoms. The van der Waals surface area contributed by atoms with E-state index in [1.165, 1.54) is 0 Å². The molecule has 0 saturated carbocycles. The van der Waals surface area contributed by atoms with Crippen LogP contribution in [-0.4, -0.2) is 21.3 Å². The average molecular weight is 304 g/mol. The van der Waals surface area contributed by atoms with E-state index in [-0.39, 0.29) is 5.75 Å². The maximum absolute atomic E-state index is 9.94. The standard InChI is InChI=1S/C18H16N4O/c1-13-11-17(22-19-12-14-7-3-2-4-8-14)21-18(20-13)15-9-5-6-10-16(15)23/h2-12,23H,1H3,(H,20,21,22). The van der Waals surface area contributed by atoms with E-state index in [2.05, 4.69) is 20.5 Å². The fraction of sp³-hybridized carbons (Fsp3) is 0.0556. The zero-order valence-electron chi connectivity index (χ0n) is 12.6. The lowest BCUT2D eigenvalue weighted by atomic mass is 10.2. The summed E-state index contributed by atoms with van der Waals surface area (Å²) in [6.45, 7) is 1.87. The Hall–Kier alpha value is -3.21. The first kappa shape index (κ1) is 14.7. The zero-order chi connectivity index (χ0) is 16.1. The number of aromatic hydroxyl groups is 1. The Labute approximate surface area is 134 Å². The third-order valence-electron chi connectivity index (χ3n) is 3.19. The SMILES string of the molecule is Cc1cc(NN=Cc2ccccc2)nc(-c2ccccc2O)n1. The number of nitrogens with one attached hydrogen (secondary N) is 1. The summed E-state index contributed by atoms with van der Waals surface area (Å²) in [5.41, 5.74) is 5.27. The molecule has 3 aromatic rings. The lowest BCUT2D eigenvalue weighted by molar-refractivity contribution is 0.477. The minimum Gasteiger partial charge on any atom is -0.507 e. The predicted molar refractivity (Wildman–Crippen MR) is 91.5 cm³/mol. The topological polar surface area (TPSA) is 70.4 Å². The quantitative estimate of drug-likeness (QED) is 0.570. The zero-order valence-corrected chi connectivity index (χ0v) is 12.6. The van der Waals surface area contributed by atoms with Crippen molar-refractivity contribution >= 4 is 12.0 Å². The molecular weight excluding hydrogens is 288 g/mol. The number of phenols is 1. The Morgan fingerprint density at radius 2 is 1.74 bits per heavy atom. The van der Waals surface area contributed by atoms with Crippen LogP contribution in [0.25, 0.3) is 11.4 Å². The highest BCUT2D eigenvalue weighted by Crippen LogP contribution is 2.26. The normalized spacial score (nSPS) is 10.8. The van der Waals surface area contributed by atoms with Crippen LogP contribution < -0.4 is 5.43 Å². The largest absolute Gasteiger partial charge is 0.507 e. The lowest BCUT2D eigenvalue weighted by Crippen LogP contribution is -1.99. The van der Waals surface area contributed by atoms with Crippen molar-refractivity contribution in [2.45, 2.75) is 6.92 Å². The van der Waals surface area contributed by atoms with E-state index >= 15 is 0 Å². The molecule has 23 heavy (non-hydrogen) atoms. The van der Waals surface area contributed by atoms with E-state index in [1.54, 1.807) is 30.5 Å². The third kappa shape index (κ3) is 3.71. The van der Waals surface area contributed by atoms with Gasteiger partial charge in [-0.1, -0.05) is 42.5 Å². The first-order valence-corrected chi connectivity index (χ1v) is 7.20. The summed E-state index contributed by atoms with van der Waals surface area (Å²) < 4.78 is 0. The van der Waals surface area contributed by atoms with E-state index in [9.17, 15) is 5.11 Å². The summed E-state index contributed by atoms with van der Waals surface area (Å²) in [4.78, 5) is 8.77. The molecule has 2 aromatic carbocycles. The van der Waals surface area contributed by atoms with E-state index in [0.717, 1.165) is 11.3 Å². The second-order valence-corrected chi connectivity index (χ2v) is 5.02. The van der Waals surface area contributed by atoms with E-state index in [1.807, 2.05) is 43.3 Å². The smallest absolute Gasteiger partial charge is 0.165 e. The summed E-state index contributed by atoms with van der Waals surface area (Å²) in [5.74, 6) is 1.18. The molecule has 0 unspecified atom stereocenters. The van der Waals surface area contributed by atoms with Gasteiger partial charge < -0.3 is 5.11 Å². The second kappa shape index (κ2) is 6.70. The molecule has 114 valence electrons. The van der Waals surface area contributed by atoms with Gasteiger partial charge in [0.25, 0.3) is 0 Å². The number of para-hydroxylation sites is 1. The number of benzene rings is 2. The molecule has 5 heteroatoms. The molecule has 1 heterocycles. The van der Waals surface area contributed by atoms with Crippen LogP contribution in [-0.2, 0) is 0 Å². The molecule has 0 aliphatic rings. The van der Waals surface area contributed by atoms with Crippen LogP contribution in [0.3, 0.4) is 0 Å². The molecule has 5 nitrogen and oxygen atoms in total. The van der Waals surface area contributed by atoms with Gasteiger partial charge in [-0.3, -0.25) is 5.43 Å². The monoisotopic (exact) mass is 304 g/mol. The van der Waals surface area contributed by atoms with Gasteiger partial charge in [0.05, 0.1) is 11.8 Å². The van der Waals surface area contributed by atoms with Gasteiger partial charge in [0.15, 0.2) is 11.6 Å². The number of aryl methyl sites for hydroxylation is 1. The molecule has 0 spiro atoms. The maximum Gasteiger partial charge on any atom is 0.165 e. The summed E-state index contributed by atoms with van der Waals surface area (Å²) >= 11 is 0. The molecule has 0 amide bonds. The van der Waals surface area contributed by atoms with E-state index in [0.29, 0.717) is 17.2 Å². The highest BCUT2D eigenvalue weighted by Gasteiger charge is 2.08.